The normalized spacial score (nSPS) is 9.79. The van der Waals surface area contributed by atoms with Gasteiger partial charge in [-0.25, -0.2) is 4.79 Å². The molecule has 0 saturated heterocycles. The molecule has 0 aliphatic carbocycles. The summed E-state index contributed by atoms with van der Waals surface area (Å²) in [5.41, 5.74) is 0.124. The Morgan fingerprint density at radius 2 is 1.93 bits per heavy atom. The van der Waals surface area contributed by atoms with Crippen molar-refractivity contribution < 1.29 is 24.9 Å². The molecule has 5 heteroatoms. The van der Waals surface area contributed by atoms with Crippen molar-refractivity contribution in [2.24, 2.45) is 0 Å². The van der Waals surface area contributed by atoms with Crippen LogP contribution in [-0.4, -0.2) is 27.1 Å². The lowest BCUT2D eigenvalue weighted by molar-refractivity contribution is -0.131. The third-order valence-corrected chi connectivity index (χ3v) is 1.71. The van der Waals surface area contributed by atoms with E-state index in [1.807, 2.05) is 0 Å². The molecule has 1 aromatic rings. The van der Waals surface area contributed by atoms with Gasteiger partial charge in [-0.3, -0.25) is 4.79 Å². The third kappa shape index (κ3) is 1.89. The fraction of sp³-hybridized carbons (Fsp3) is 0.111. The summed E-state index contributed by atoms with van der Waals surface area (Å²) in [7, 11) is 0. The first-order valence-corrected chi connectivity index (χ1v) is 3.76. The van der Waals surface area contributed by atoms with Crippen molar-refractivity contribution in [2.75, 3.05) is 0 Å². The van der Waals surface area contributed by atoms with Gasteiger partial charge < -0.3 is 15.3 Å². The molecule has 0 aromatic heterocycles. The number of hydrogen-bond donors (Lipinski definition) is 3. The van der Waals surface area contributed by atoms with Crippen LogP contribution in [0.3, 0.4) is 0 Å². The van der Waals surface area contributed by atoms with E-state index in [0.717, 1.165) is 6.07 Å². The van der Waals surface area contributed by atoms with E-state index in [0.29, 0.717) is 0 Å². The molecule has 0 aliphatic heterocycles. The molecule has 0 bridgehead atoms. The van der Waals surface area contributed by atoms with Gasteiger partial charge in [0.2, 0.25) is 0 Å². The molecule has 5 nitrogen and oxygen atoms in total. The van der Waals surface area contributed by atoms with Crippen LogP contribution in [0.15, 0.2) is 18.2 Å². The number of Topliss-reactive ketones (excluding diaryl/α,β-unsaturated/α-hetero) is 1. The molecule has 1 rings (SSSR count). The van der Waals surface area contributed by atoms with E-state index in [1.165, 1.54) is 12.1 Å². The van der Waals surface area contributed by atoms with Crippen molar-refractivity contribution in [3.8, 4) is 5.75 Å². The molecule has 1 aromatic carbocycles. The van der Waals surface area contributed by atoms with Crippen molar-refractivity contribution >= 4 is 11.8 Å². The molecule has 0 spiro atoms. The minimum absolute atomic E-state index is 0.118. The first-order valence-electron chi connectivity index (χ1n) is 3.76. The van der Waals surface area contributed by atoms with Crippen LogP contribution in [0.25, 0.3) is 0 Å². The summed E-state index contributed by atoms with van der Waals surface area (Å²) in [5, 5.41) is 26.3. The van der Waals surface area contributed by atoms with E-state index in [9.17, 15) is 14.7 Å². The molecule has 14 heavy (non-hydrogen) atoms. The molecule has 0 heterocycles. The summed E-state index contributed by atoms with van der Waals surface area (Å²) in [6.45, 7) is -0.368. The minimum Gasteiger partial charge on any atom is -0.508 e. The number of carboxylic acids is 1. The number of aliphatic hydroxyl groups is 1. The molecule has 0 saturated carbocycles. The number of hydrogen-bond acceptors (Lipinski definition) is 4. The number of phenols is 1. The van der Waals surface area contributed by atoms with Gasteiger partial charge in [0.1, 0.15) is 5.75 Å². The zero-order valence-electron chi connectivity index (χ0n) is 7.10. The predicted octanol–water partition coefficient (Wildman–Crippen LogP) is 0.152. The number of aliphatic hydroxyl groups excluding tert-OH is 1. The second-order valence-electron chi connectivity index (χ2n) is 2.64. The lowest BCUT2D eigenvalue weighted by atomic mass is 10.1. The number of carboxylic acid groups (broad SMARTS) is 1. The third-order valence-electron chi connectivity index (χ3n) is 1.71. The lowest BCUT2D eigenvalue weighted by Crippen LogP contribution is -2.12. The summed E-state index contributed by atoms with van der Waals surface area (Å²) >= 11 is 0. The van der Waals surface area contributed by atoms with E-state index >= 15 is 0 Å². The first kappa shape index (κ1) is 10.2. The summed E-state index contributed by atoms with van der Waals surface area (Å²) in [6, 6.07) is 3.55. The van der Waals surface area contributed by atoms with Gasteiger partial charge in [0.15, 0.2) is 0 Å². The van der Waals surface area contributed by atoms with Crippen molar-refractivity contribution in [1.29, 1.82) is 0 Å². The van der Waals surface area contributed by atoms with E-state index in [-0.39, 0.29) is 23.5 Å². The first-order chi connectivity index (χ1) is 6.56. The van der Waals surface area contributed by atoms with Gasteiger partial charge in [-0.15, -0.1) is 0 Å². The van der Waals surface area contributed by atoms with E-state index in [4.69, 9.17) is 10.2 Å². The Hall–Kier alpha value is -1.88. The molecule has 74 valence electrons. The fourth-order valence-electron chi connectivity index (χ4n) is 0.962. The summed E-state index contributed by atoms with van der Waals surface area (Å²) in [4.78, 5) is 21.2. The van der Waals surface area contributed by atoms with Gasteiger partial charge >= 0.3 is 5.97 Å². The Morgan fingerprint density at radius 3 is 2.36 bits per heavy atom. The van der Waals surface area contributed by atoms with Gasteiger partial charge in [0, 0.05) is 11.1 Å². The molecule has 3 N–H and O–H groups in total. The van der Waals surface area contributed by atoms with Gasteiger partial charge in [-0.1, -0.05) is 12.1 Å². The van der Waals surface area contributed by atoms with Crippen molar-refractivity contribution in [3.05, 3.63) is 29.3 Å². The highest BCUT2D eigenvalue weighted by Crippen LogP contribution is 2.18. The molecular formula is C9H8O5. The maximum Gasteiger partial charge on any atom is 0.377 e. The molecule has 0 radical (unpaired) electrons. The average Bonchev–Trinajstić information content (AvgIpc) is 2.16. The smallest absolute Gasteiger partial charge is 0.377 e. The fourth-order valence-corrected chi connectivity index (χ4v) is 0.962. The Labute approximate surface area is 79.2 Å². The van der Waals surface area contributed by atoms with Crippen molar-refractivity contribution in [3.63, 3.8) is 0 Å². The van der Waals surface area contributed by atoms with Crippen molar-refractivity contribution in [1.82, 2.24) is 0 Å². The van der Waals surface area contributed by atoms with Crippen LogP contribution < -0.4 is 0 Å². The van der Waals surface area contributed by atoms with E-state index < -0.39 is 11.8 Å². The highest BCUT2D eigenvalue weighted by Gasteiger charge is 2.15. The van der Waals surface area contributed by atoms with Gasteiger partial charge in [0.25, 0.3) is 5.78 Å². The quantitative estimate of drug-likeness (QED) is 0.472. The lowest BCUT2D eigenvalue weighted by Gasteiger charge is -2.02. The Kier molecular flexibility index (Phi) is 2.83. The van der Waals surface area contributed by atoms with Crippen LogP contribution in [0.1, 0.15) is 15.9 Å². The summed E-state index contributed by atoms with van der Waals surface area (Å²) in [5.74, 6) is -2.97. The molecule has 0 amide bonds. The summed E-state index contributed by atoms with van der Waals surface area (Å²) < 4.78 is 0. The molecule has 0 atom stereocenters. The number of benzene rings is 1. The van der Waals surface area contributed by atoms with Crippen LogP contribution in [-0.2, 0) is 11.4 Å². The number of aromatic hydroxyl groups is 1. The molecule has 0 unspecified atom stereocenters. The zero-order chi connectivity index (χ0) is 10.7. The molecular weight excluding hydrogens is 188 g/mol. The Balaban J connectivity index is 3.09. The van der Waals surface area contributed by atoms with Gasteiger partial charge in [-0.2, -0.15) is 0 Å². The van der Waals surface area contributed by atoms with Gasteiger partial charge in [0.05, 0.1) is 6.61 Å². The predicted molar refractivity (Wildman–Crippen MR) is 46.0 cm³/mol. The largest absolute Gasteiger partial charge is 0.508 e. The van der Waals surface area contributed by atoms with Crippen LogP contribution in [0, 0.1) is 0 Å². The van der Waals surface area contributed by atoms with E-state index in [1.54, 1.807) is 0 Å². The van der Waals surface area contributed by atoms with Crippen LogP contribution in [0.2, 0.25) is 0 Å². The monoisotopic (exact) mass is 196 g/mol. The zero-order valence-corrected chi connectivity index (χ0v) is 7.10. The highest BCUT2D eigenvalue weighted by atomic mass is 16.4. The maximum atomic E-state index is 10.9. The average molecular weight is 196 g/mol. The number of carbonyl (C=O) groups excluding carboxylic acids is 1. The Bertz CT molecular complexity index is 383. The van der Waals surface area contributed by atoms with Gasteiger partial charge in [-0.05, 0) is 6.07 Å². The van der Waals surface area contributed by atoms with Crippen LogP contribution in [0.5, 0.6) is 5.75 Å². The van der Waals surface area contributed by atoms with E-state index in [2.05, 4.69) is 0 Å². The Morgan fingerprint density at radius 1 is 1.29 bits per heavy atom. The number of carbonyl (C=O) groups is 2. The second kappa shape index (κ2) is 3.89. The minimum atomic E-state index is -1.58. The second-order valence-corrected chi connectivity index (χ2v) is 2.64. The molecule has 0 aliphatic rings. The number of ketones is 1. The SMILES string of the molecule is O=C(O)C(=O)c1ccc(CO)c(O)c1. The van der Waals surface area contributed by atoms with Crippen molar-refractivity contribution in [2.45, 2.75) is 6.61 Å². The molecule has 0 fully saturated rings. The standard InChI is InChI=1S/C9H8O5/c10-4-6-2-1-5(3-7(6)11)8(12)9(13)14/h1-3,10-11H,4H2,(H,13,14). The van der Waals surface area contributed by atoms with Crippen LogP contribution in [0.4, 0.5) is 0 Å². The number of rotatable bonds is 3. The topological polar surface area (TPSA) is 94.8 Å². The summed E-state index contributed by atoms with van der Waals surface area (Å²) in [6.07, 6.45) is 0. The number of aliphatic carboxylic acids is 1. The maximum absolute atomic E-state index is 10.9. The highest BCUT2D eigenvalue weighted by molar-refractivity contribution is 6.39. The van der Waals surface area contributed by atoms with Crippen LogP contribution >= 0.6 is 0 Å².